The van der Waals surface area contributed by atoms with E-state index in [1.165, 1.54) is 18.3 Å². The highest BCUT2D eigenvalue weighted by molar-refractivity contribution is 7.80. The molecular weight excluding hydrogens is 411 g/mol. The summed E-state index contributed by atoms with van der Waals surface area (Å²) in [5, 5.41) is 18.6. The van der Waals surface area contributed by atoms with E-state index in [-0.39, 0.29) is 12.3 Å². The third kappa shape index (κ3) is 6.35. The van der Waals surface area contributed by atoms with Crippen molar-refractivity contribution in [3.8, 4) is 5.75 Å². The average molecular weight is 427 g/mol. The molecule has 0 heterocycles. The lowest BCUT2D eigenvalue weighted by Gasteiger charge is -2.11. The Morgan fingerprint density at radius 3 is 2.48 bits per heavy atom. The average Bonchev–Trinajstić information content (AvgIpc) is 2.61. The minimum Gasteiger partial charge on any atom is -0.486 e. The first-order chi connectivity index (χ1) is 12.9. The first-order valence-electron chi connectivity index (χ1n) is 7.82. The Hall–Kier alpha value is -2.42. The highest BCUT2D eigenvalue weighted by Crippen LogP contribution is 2.34. The van der Waals surface area contributed by atoms with Gasteiger partial charge in [0.15, 0.2) is 10.9 Å². The summed E-state index contributed by atoms with van der Waals surface area (Å²) in [6.45, 7) is 2.79. The van der Waals surface area contributed by atoms with Crippen molar-refractivity contribution in [2.24, 2.45) is 5.10 Å². The summed E-state index contributed by atoms with van der Waals surface area (Å²) >= 11 is 17.5. The second-order valence-electron chi connectivity index (χ2n) is 5.26. The van der Waals surface area contributed by atoms with Gasteiger partial charge in [-0.3, -0.25) is 15.5 Å². The van der Waals surface area contributed by atoms with E-state index in [9.17, 15) is 10.1 Å². The van der Waals surface area contributed by atoms with E-state index in [1.54, 1.807) is 24.3 Å². The van der Waals surface area contributed by atoms with Crippen molar-refractivity contribution in [3.05, 3.63) is 67.7 Å². The van der Waals surface area contributed by atoms with Crippen LogP contribution in [-0.2, 0) is 6.61 Å². The molecule has 2 rings (SSSR count). The highest BCUT2D eigenvalue weighted by atomic mass is 35.5. The van der Waals surface area contributed by atoms with Crippen molar-refractivity contribution in [2.45, 2.75) is 13.5 Å². The first-order valence-corrected chi connectivity index (χ1v) is 8.99. The summed E-state index contributed by atoms with van der Waals surface area (Å²) in [4.78, 5) is 10.2. The molecule has 2 aromatic carbocycles. The van der Waals surface area contributed by atoms with Gasteiger partial charge >= 0.3 is 0 Å². The number of hydrogen-bond donors (Lipinski definition) is 2. The fourth-order valence-electron chi connectivity index (χ4n) is 2.03. The Balaban J connectivity index is 2.02. The fraction of sp³-hybridized carbons (Fsp3) is 0.176. The van der Waals surface area contributed by atoms with Crippen LogP contribution in [0.15, 0.2) is 41.5 Å². The topological polar surface area (TPSA) is 88.8 Å². The number of nitrogens with zero attached hydrogens (tertiary/aromatic N) is 2. The summed E-state index contributed by atoms with van der Waals surface area (Å²) < 4.78 is 5.66. The molecule has 0 aliphatic rings. The van der Waals surface area contributed by atoms with Crippen LogP contribution in [0.3, 0.4) is 0 Å². The number of nitrogens with one attached hydrogen (secondary N) is 2. The minimum atomic E-state index is -0.460. The van der Waals surface area contributed by atoms with Gasteiger partial charge in [-0.15, -0.1) is 0 Å². The maximum Gasteiger partial charge on any atom is 0.269 e. The van der Waals surface area contributed by atoms with Crippen LogP contribution in [0.5, 0.6) is 5.75 Å². The number of ether oxygens (including phenoxy) is 1. The van der Waals surface area contributed by atoms with Gasteiger partial charge in [-0.25, -0.2) is 0 Å². The largest absolute Gasteiger partial charge is 0.486 e. The highest BCUT2D eigenvalue weighted by Gasteiger charge is 2.10. The van der Waals surface area contributed by atoms with Gasteiger partial charge in [0.05, 0.1) is 21.2 Å². The molecule has 27 heavy (non-hydrogen) atoms. The number of nitro groups is 1. The first kappa shape index (κ1) is 20.9. The zero-order valence-corrected chi connectivity index (χ0v) is 16.6. The summed E-state index contributed by atoms with van der Waals surface area (Å²) in [7, 11) is 0. The van der Waals surface area contributed by atoms with Crippen molar-refractivity contribution >= 4 is 52.4 Å². The molecule has 0 aromatic heterocycles. The van der Waals surface area contributed by atoms with Crippen LogP contribution >= 0.6 is 35.4 Å². The van der Waals surface area contributed by atoms with Crippen molar-refractivity contribution in [1.29, 1.82) is 0 Å². The molecule has 2 aromatic rings. The Bertz CT molecular complexity index is 837. The van der Waals surface area contributed by atoms with E-state index in [1.807, 2.05) is 6.92 Å². The Labute approximate surface area is 171 Å². The van der Waals surface area contributed by atoms with Gasteiger partial charge in [-0.1, -0.05) is 23.2 Å². The number of non-ortho nitro benzene ring substituents is 1. The zero-order valence-electron chi connectivity index (χ0n) is 14.2. The normalized spacial score (nSPS) is 10.6. The number of thiocarbonyl (C=S) groups is 1. The van der Waals surface area contributed by atoms with Gasteiger partial charge in [-0.05, 0) is 54.5 Å². The molecular formula is C17H16Cl2N4O3S. The summed E-state index contributed by atoms with van der Waals surface area (Å²) in [6, 6.07) is 9.35. The second kappa shape index (κ2) is 10.1. The van der Waals surface area contributed by atoms with E-state index in [2.05, 4.69) is 15.8 Å². The molecule has 0 unspecified atom stereocenters. The smallest absolute Gasteiger partial charge is 0.269 e. The molecule has 142 valence electrons. The SMILES string of the molecule is CCNC(=S)NN=Cc1cc(Cl)c(OCc2ccc([N+](=O)[O-])cc2)c(Cl)c1. The monoisotopic (exact) mass is 426 g/mol. The third-order valence-corrected chi connectivity index (χ3v) is 4.07. The molecule has 0 aliphatic carbocycles. The van der Waals surface area contributed by atoms with Crippen molar-refractivity contribution in [2.75, 3.05) is 6.54 Å². The zero-order chi connectivity index (χ0) is 19.8. The van der Waals surface area contributed by atoms with Gasteiger partial charge in [-0.2, -0.15) is 5.10 Å². The van der Waals surface area contributed by atoms with Crippen LogP contribution in [0.4, 0.5) is 5.69 Å². The number of benzene rings is 2. The molecule has 0 atom stereocenters. The molecule has 0 aliphatic heterocycles. The van der Waals surface area contributed by atoms with Crippen LogP contribution < -0.4 is 15.5 Å². The molecule has 0 amide bonds. The van der Waals surface area contributed by atoms with E-state index < -0.39 is 4.92 Å². The van der Waals surface area contributed by atoms with Crippen LogP contribution in [0.25, 0.3) is 0 Å². The van der Waals surface area contributed by atoms with Crippen LogP contribution in [0, 0.1) is 10.1 Å². The number of halogens is 2. The van der Waals surface area contributed by atoms with E-state index >= 15 is 0 Å². The lowest BCUT2D eigenvalue weighted by Crippen LogP contribution is -2.31. The summed E-state index contributed by atoms with van der Waals surface area (Å²) in [5.74, 6) is 0.324. The van der Waals surface area contributed by atoms with E-state index in [0.717, 1.165) is 5.56 Å². The molecule has 2 N–H and O–H groups in total. The predicted molar refractivity (Wildman–Crippen MR) is 111 cm³/mol. The standard InChI is InChI=1S/C17H16Cl2N4O3S/c1-2-20-17(27)22-21-9-12-7-14(18)16(15(19)8-12)26-10-11-3-5-13(6-4-11)23(24)25/h3-9H,2,10H2,1H3,(H2,20,22,27). The Kier molecular flexibility index (Phi) is 7.78. The second-order valence-corrected chi connectivity index (χ2v) is 6.48. The van der Waals surface area contributed by atoms with Gasteiger partial charge in [0.25, 0.3) is 5.69 Å². The molecule has 0 fully saturated rings. The maximum absolute atomic E-state index is 10.7. The van der Waals surface area contributed by atoms with Gasteiger partial charge in [0.1, 0.15) is 6.61 Å². The summed E-state index contributed by atoms with van der Waals surface area (Å²) in [5.41, 5.74) is 4.10. The number of rotatable bonds is 7. The quantitative estimate of drug-likeness (QED) is 0.297. The predicted octanol–water partition coefficient (Wildman–Crippen LogP) is 4.30. The van der Waals surface area contributed by atoms with Gasteiger partial charge in [0.2, 0.25) is 0 Å². The van der Waals surface area contributed by atoms with Crippen molar-refractivity contribution < 1.29 is 9.66 Å². The van der Waals surface area contributed by atoms with Crippen LogP contribution in [0.2, 0.25) is 10.0 Å². The van der Waals surface area contributed by atoms with Crippen molar-refractivity contribution in [1.82, 2.24) is 10.7 Å². The number of nitro benzene ring substituents is 1. The van der Waals surface area contributed by atoms with Crippen LogP contribution in [-0.4, -0.2) is 22.8 Å². The molecule has 0 spiro atoms. The van der Waals surface area contributed by atoms with Gasteiger partial charge in [0, 0.05) is 18.7 Å². The Morgan fingerprint density at radius 2 is 1.93 bits per heavy atom. The Morgan fingerprint density at radius 1 is 1.30 bits per heavy atom. The lowest BCUT2D eigenvalue weighted by molar-refractivity contribution is -0.384. The minimum absolute atomic E-state index is 0.0145. The molecule has 0 saturated carbocycles. The maximum atomic E-state index is 10.7. The number of hydrazone groups is 1. The van der Waals surface area contributed by atoms with Crippen LogP contribution in [0.1, 0.15) is 18.1 Å². The number of hydrogen-bond acceptors (Lipinski definition) is 5. The molecule has 0 bridgehead atoms. The molecule has 10 heteroatoms. The van der Waals surface area contributed by atoms with E-state index in [4.69, 9.17) is 40.2 Å². The molecule has 7 nitrogen and oxygen atoms in total. The molecule has 0 radical (unpaired) electrons. The van der Waals surface area contributed by atoms with Gasteiger partial charge < -0.3 is 10.1 Å². The molecule has 0 saturated heterocycles. The third-order valence-electron chi connectivity index (χ3n) is 3.27. The fourth-order valence-corrected chi connectivity index (χ4v) is 2.84. The van der Waals surface area contributed by atoms with Crippen molar-refractivity contribution in [3.63, 3.8) is 0 Å². The lowest BCUT2D eigenvalue weighted by atomic mass is 10.2. The van der Waals surface area contributed by atoms with E-state index in [0.29, 0.717) is 33.0 Å². The summed E-state index contributed by atoms with van der Waals surface area (Å²) in [6.07, 6.45) is 1.53.